The molecular weight excluding hydrogens is 332 g/mol. The number of hydrogen-bond acceptors (Lipinski definition) is 5. The molecule has 0 atom stereocenters. The molecule has 26 heavy (non-hydrogen) atoms. The highest BCUT2D eigenvalue weighted by molar-refractivity contribution is 5.92. The largest absolute Gasteiger partial charge is 0.381 e. The highest BCUT2D eigenvalue weighted by Crippen LogP contribution is 2.40. The first-order valence-electron chi connectivity index (χ1n) is 9.85. The number of aromatic nitrogens is 2. The third-order valence-corrected chi connectivity index (χ3v) is 5.98. The number of morpholine rings is 1. The Labute approximate surface area is 155 Å². The van der Waals surface area contributed by atoms with Crippen LogP contribution in [0.3, 0.4) is 0 Å². The van der Waals surface area contributed by atoms with Gasteiger partial charge in [-0.15, -0.1) is 0 Å². The average molecular weight is 362 g/mol. The number of aryl methyl sites for hydroxylation is 1. The summed E-state index contributed by atoms with van der Waals surface area (Å²) in [6, 6.07) is 1.96. The molecule has 7 nitrogen and oxygen atoms in total. The maximum absolute atomic E-state index is 12.7. The summed E-state index contributed by atoms with van der Waals surface area (Å²) in [4.78, 5) is 15.1. The third kappa shape index (κ3) is 4.10. The lowest BCUT2D eigenvalue weighted by atomic mass is 9.79. The zero-order valence-electron chi connectivity index (χ0n) is 15.7. The van der Waals surface area contributed by atoms with Gasteiger partial charge in [0, 0.05) is 63.5 Å². The van der Waals surface area contributed by atoms with Crippen LogP contribution in [0.15, 0.2) is 6.07 Å². The van der Waals surface area contributed by atoms with E-state index in [0.717, 1.165) is 58.9 Å². The molecule has 1 aliphatic carbocycles. The number of carbonyl (C=O) groups is 1. The fourth-order valence-corrected chi connectivity index (χ4v) is 4.14. The summed E-state index contributed by atoms with van der Waals surface area (Å²) in [7, 11) is 1.93. The predicted molar refractivity (Wildman–Crippen MR) is 97.3 cm³/mol. The van der Waals surface area contributed by atoms with Crippen LogP contribution >= 0.6 is 0 Å². The van der Waals surface area contributed by atoms with Crippen molar-refractivity contribution in [2.75, 3.05) is 52.6 Å². The lowest BCUT2D eigenvalue weighted by Gasteiger charge is -2.42. The lowest BCUT2D eigenvalue weighted by molar-refractivity contribution is -0.0283. The van der Waals surface area contributed by atoms with Crippen molar-refractivity contribution in [3.8, 4) is 0 Å². The van der Waals surface area contributed by atoms with Gasteiger partial charge in [0.25, 0.3) is 5.91 Å². The summed E-state index contributed by atoms with van der Waals surface area (Å²) in [6.45, 7) is 6.78. The van der Waals surface area contributed by atoms with Crippen LogP contribution in [0.4, 0.5) is 0 Å². The van der Waals surface area contributed by atoms with Crippen LogP contribution in [0.25, 0.3) is 0 Å². The van der Waals surface area contributed by atoms with E-state index >= 15 is 0 Å². The van der Waals surface area contributed by atoms with Crippen molar-refractivity contribution >= 4 is 5.91 Å². The molecule has 0 radical (unpaired) electrons. The Morgan fingerprint density at radius 3 is 2.62 bits per heavy atom. The van der Waals surface area contributed by atoms with E-state index in [1.807, 2.05) is 17.8 Å². The van der Waals surface area contributed by atoms with Crippen LogP contribution in [0.5, 0.6) is 0 Å². The molecule has 1 saturated carbocycles. The average Bonchev–Trinajstić information content (AvgIpc) is 3.43. The second kappa shape index (κ2) is 7.66. The predicted octanol–water partition coefficient (Wildman–Crippen LogP) is 1.16. The number of nitrogens with one attached hydrogen (secondary N) is 1. The van der Waals surface area contributed by atoms with Gasteiger partial charge in [-0.1, -0.05) is 0 Å². The Balaban J connectivity index is 1.39. The number of hydrogen-bond donors (Lipinski definition) is 1. The molecule has 3 heterocycles. The number of nitrogens with zero attached hydrogens (tertiary/aromatic N) is 3. The molecule has 4 rings (SSSR count). The van der Waals surface area contributed by atoms with E-state index in [2.05, 4.69) is 15.3 Å². The van der Waals surface area contributed by atoms with Crippen molar-refractivity contribution in [3.05, 3.63) is 17.5 Å². The minimum atomic E-state index is -0.0552. The van der Waals surface area contributed by atoms with Crippen LogP contribution in [0.2, 0.25) is 0 Å². The summed E-state index contributed by atoms with van der Waals surface area (Å²) in [6.07, 6.45) is 4.40. The quantitative estimate of drug-likeness (QED) is 0.822. The van der Waals surface area contributed by atoms with Crippen LogP contribution in [-0.2, 0) is 16.5 Å². The van der Waals surface area contributed by atoms with E-state index in [9.17, 15) is 4.79 Å². The maximum Gasteiger partial charge on any atom is 0.271 e. The SMILES string of the molecule is Cn1nc(C(=O)NCC2(CN3CCOCC3)CCOCC2)cc1C1CC1. The number of rotatable bonds is 6. The maximum atomic E-state index is 12.7. The minimum absolute atomic E-state index is 0.0552. The van der Waals surface area contributed by atoms with E-state index in [4.69, 9.17) is 9.47 Å². The molecule has 1 N–H and O–H groups in total. The highest BCUT2D eigenvalue weighted by Gasteiger charge is 2.36. The molecular formula is C19H30N4O3. The number of ether oxygens (including phenoxy) is 2. The number of amides is 1. The van der Waals surface area contributed by atoms with E-state index < -0.39 is 0 Å². The molecule has 3 aliphatic rings. The Kier molecular flexibility index (Phi) is 5.29. The van der Waals surface area contributed by atoms with E-state index in [1.54, 1.807) is 0 Å². The molecule has 7 heteroatoms. The summed E-state index contributed by atoms with van der Waals surface area (Å²) in [5, 5.41) is 7.60. The Morgan fingerprint density at radius 1 is 1.23 bits per heavy atom. The van der Waals surface area contributed by atoms with Crippen molar-refractivity contribution in [1.29, 1.82) is 0 Å². The molecule has 144 valence electrons. The highest BCUT2D eigenvalue weighted by atomic mass is 16.5. The Bertz CT molecular complexity index is 629. The molecule has 0 unspecified atom stereocenters. The zero-order valence-corrected chi connectivity index (χ0v) is 15.7. The van der Waals surface area contributed by atoms with Gasteiger partial charge in [0.2, 0.25) is 0 Å². The fraction of sp³-hybridized carbons (Fsp3) is 0.789. The van der Waals surface area contributed by atoms with Gasteiger partial charge in [0.05, 0.1) is 13.2 Å². The monoisotopic (exact) mass is 362 g/mol. The summed E-state index contributed by atoms with van der Waals surface area (Å²) < 4.78 is 12.9. The normalized spacial score (nSPS) is 23.7. The van der Waals surface area contributed by atoms with Crippen LogP contribution in [0, 0.1) is 5.41 Å². The smallest absolute Gasteiger partial charge is 0.271 e. The van der Waals surface area contributed by atoms with Gasteiger partial charge in [-0.2, -0.15) is 5.10 Å². The van der Waals surface area contributed by atoms with E-state index in [1.165, 1.54) is 18.5 Å². The van der Waals surface area contributed by atoms with Crippen LogP contribution in [-0.4, -0.2) is 73.2 Å². The van der Waals surface area contributed by atoms with Crippen molar-refractivity contribution in [3.63, 3.8) is 0 Å². The van der Waals surface area contributed by atoms with Gasteiger partial charge >= 0.3 is 0 Å². The second-order valence-electron chi connectivity index (χ2n) is 8.04. The summed E-state index contributed by atoms with van der Waals surface area (Å²) >= 11 is 0. The van der Waals surface area contributed by atoms with E-state index in [0.29, 0.717) is 18.2 Å². The van der Waals surface area contributed by atoms with E-state index in [-0.39, 0.29) is 11.3 Å². The van der Waals surface area contributed by atoms with Gasteiger partial charge in [0.15, 0.2) is 0 Å². The molecule has 1 aromatic heterocycles. The van der Waals surface area contributed by atoms with Crippen molar-refractivity contribution < 1.29 is 14.3 Å². The van der Waals surface area contributed by atoms with Crippen molar-refractivity contribution in [2.24, 2.45) is 12.5 Å². The summed E-state index contributed by atoms with van der Waals surface area (Å²) in [5.74, 6) is 0.539. The molecule has 1 amide bonds. The second-order valence-corrected chi connectivity index (χ2v) is 8.04. The molecule has 0 bridgehead atoms. The fourth-order valence-electron chi connectivity index (χ4n) is 4.14. The first-order chi connectivity index (χ1) is 12.7. The van der Waals surface area contributed by atoms with Crippen molar-refractivity contribution in [2.45, 2.75) is 31.6 Å². The minimum Gasteiger partial charge on any atom is -0.381 e. The first-order valence-corrected chi connectivity index (χ1v) is 9.85. The first kappa shape index (κ1) is 17.9. The van der Waals surface area contributed by atoms with Crippen LogP contribution in [0.1, 0.15) is 47.8 Å². The standard InChI is InChI=1S/C19H30N4O3/c1-22-17(15-2-3-15)12-16(21-22)18(24)20-13-19(4-8-25-9-5-19)14-23-6-10-26-11-7-23/h12,15H,2-11,13-14H2,1H3,(H,20,24). The number of carbonyl (C=O) groups excluding carboxylic acids is 1. The van der Waals surface area contributed by atoms with Gasteiger partial charge in [-0.05, 0) is 31.7 Å². The Hall–Kier alpha value is -1.44. The van der Waals surface area contributed by atoms with Gasteiger partial charge < -0.3 is 14.8 Å². The molecule has 1 aromatic rings. The third-order valence-electron chi connectivity index (χ3n) is 5.98. The molecule has 3 fully saturated rings. The molecule has 2 saturated heterocycles. The van der Waals surface area contributed by atoms with Crippen LogP contribution < -0.4 is 5.32 Å². The molecule has 0 spiro atoms. The van der Waals surface area contributed by atoms with Gasteiger partial charge in [0.1, 0.15) is 5.69 Å². The Morgan fingerprint density at radius 2 is 1.92 bits per heavy atom. The van der Waals surface area contributed by atoms with Crippen molar-refractivity contribution in [1.82, 2.24) is 20.0 Å². The topological polar surface area (TPSA) is 68.6 Å². The summed E-state index contributed by atoms with van der Waals surface area (Å²) in [5.41, 5.74) is 1.81. The molecule has 0 aromatic carbocycles. The zero-order chi connectivity index (χ0) is 18.0. The lowest BCUT2D eigenvalue weighted by Crippen LogP contribution is -2.50. The van der Waals surface area contributed by atoms with Gasteiger partial charge in [-0.3, -0.25) is 14.4 Å². The van der Waals surface area contributed by atoms with Gasteiger partial charge in [-0.25, -0.2) is 0 Å². The molecule has 2 aliphatic heterocycles.